The molecule has 0 spiro atoms. The zero-order chi connectivity index (χ0) is 6.04. The largest absolute Gasteiger partial charge is 0.345 e. The normalized spacial score (nSPS) is 22.2. The molecular formula is C7H13ReRfS-. The van der Waals surface area contributed by atoms with Crippen molar-refractivity contribution in [2.45, 2.75) is 37.9 Å². The van der Waals surface area contributed by atoms with Crippen LogP contribution in [0.25, 0.3) is 0 Å². The van der Waals surface area contributed by atoms with Gasteiger partial charge in [-0.05, 0) is 11.2 Å². The molecule has 0 saturated carbocycles. The summed E-state index contributed by atoms with van der Waals surface area (Å²) in [6, 6.07) is 0. The maximum atomic E-state index is 2.34. The standard InChI is InChI=1S/C7H13S.Re.Rf/c1-7(2)5-3-4-6-8-7;;/h6H,3-5H2,1-2H3;;/q-1;;. The van der Waals surface area contributed by atoms with Crippen LogP contribution in [0.5, 0.6) is 0 Å². The van der Waals surface area contributed by atoms with E-state index in [0.29, 0.717) is 4.75 Å². The third kappa shape index (κ3) is 3.93. The molecule has 1 fully saturated rings. The zero-order valence-electron chi connectivity index (χ0n) is 6.69. The minimum Gasteiger partial charge on any atom is -0.345 e. The monoisotopic (exact) mass is 583 g/mol. The van der Waals surface area contributed by atoms with Gasteiger partial charge in [-0.15, -0.1) is 0 Å². The van der Waals surface area contributed by atoms with Crippen LogP contribution in [0, 0.1) is 5.75 Å². The molecule has 1 aliphatic heterocycles. The maximum absolute atomic E-state index is 2.34. The Morgan fingerprint density at radius 2 is 2.00 bits per heavy atom. The molecule has 1 saturated heterocycles. The topological polar surface area (TPSA) is 0 Å². The van der Waals surface area contributed by atoms with Gasteiger partial charge in [0, 0.05) is 20.4 Å². The second-order valence-electron chi connectivity index (χ2n) is 2.94. The fraction of sp³-hybridized carbons (Fsp3) is 0.857. The van der Waals surface area contributed by atoms with E-state index in [1.807, 2.05) is 11.8 Å². The van der Waals surface area contributed by atoms with Crippen molar-refractivity contribution in [3.63, 3.8) is 0 Å². The van der Waals surface area contributed by atoms with Crippen molar-refractivity contribution >= 4 is 11.8 Å². The average molecular weight is 582 g/mol. The summed E-state index contributed by atoms with van der Waals surface area (Å²) in [5.41, 5.74) is 0. The molecule has 0 amide bonds. The molecule has 1 radical (unpaired) electrons. The van der Waals surface area contributed by atoms with E-state index < -0.39 is 0 Å². The Hall–Kier alpha value is 0.0123. The Balaban J connectivity index is 0. The summed E-state index contributed by atoms with van der Waals surface area (Å²) in [5.74, 6) is 2.34. The summed E-state index contributed by atoms with van der Waals surface area (Å²) >= 11 is 2.00. The van der Waals surface area contributed by atoms with Crippen LogP contribution in [0.4, 0.5) is 0 Å². The number of hydrogen-bond donors (Lipinski definition) is 0. The molecule has 0 unspecified atom stereocenters. The first-order chi connectivity index (χ1) is 3.71. The van der Waals surface area contributed by atoms with Crippen LogP contribution in [0.1, 0.15) is 33.1 Å². The molecule has 0 bridgehead atoms. The predicted molar refractivity (Wildman–Crippen MR) is 39.8 cm³/mol. The summed E-state index contributed by atoms with van der Waals surface area (Å²) in [4.78, 5) is 0. The molecular weight excluding hydrogens is 569 g/mol. The SMILES string of the molecule is CC1(C)CCC[CH-]S1.[Re].[Rf]. The van der Waals surface area contributed by atoms with Crippen molar-refractivity contribution < 1.29 is 20.4 Å². The van der Waals surface area contributed by atoms with E-state index in [0.717, 1.165) is 0 Å². The minimum atomic E-state index is 0. The van der Waals surface area contributed by atoms with Gasteiger partial charge in [0.1, 0.15) is 0 Å². The molecule has 3 heteroatoms. The van der Waals surface area contributed by atoms with Crippen LogP contribution >= 0.6 is 11.8 Å². The molecule has 0 aromatic carbocycles. The summed E-state index contributed by atoms with van der Waals surface area (Å²) in [6.45, 7) is 4.63. The first kappa shape index (κ1) is 12.7. The van der Waals surface area contributed by atoms with Crippen LogP contribution in [0.15, 0.2) is 0 Å². The average Bonchev–Trinajstić information content (AvgIpc) is 1.65. The van der Waals surface area contributed by atoms with E-state index in [1.54, 1.807) is 0 Å². The van der Waals surface area contributed by atoms with Gasteiger partial charge in [0.2, 0.25) is 0 Å². The van der Waals surface area contributed by atoms with Gasteiger partial charge in [-0.3, -0.25) is 5.75 Å². The first-order valence-electron chi connectivity index (χ1n) is 3.20. The summed E-state index contributed by atoms with van der Waals surface area (Å²) < 4.78 is 0.540. The Bertz CT molecular complexity index is 77.7. The second-order valence-corrected chi connectivity index (χ2v) is 4.61. The zero-order valence-corrected chi connectivity index (χ0v) is 16.6. The molecule has 1 aliphatic rings. The van der Waals surface area contributed by atoms with E-state index in [9.17, 15) is 0 Å². The molecule has 0 N–H and O–H groups in total. The fourth-order valence-corrected chi connectivity index (χ4v) is 1.95. The van der Waals surface area contributed by atoms with E-state index in [-0.39, 0.29) is 20.4 Å². The van der Waals surface area contributed by atoms with Crippen LogP contribution in [0.2, 0.25) is 0 Å². The van der Waals surface area contributed by atoms with Crippen LogP contribution < -0.4 is 0 Å². The molecule has 0 aliphatic carbocycles. The van der Waals surface area contributed by atoms with Crippen LogP contribution in [0.3, 0.4) is 0 Å². The van der Waals surface area contributed by atoms with Gasteiger partial charge < -0.3 is 11.8 Å². The number of rotatable bonds is 0. The predicted octanol–water partition coefficient (Wildman–Crippen LogP) is 2.84. The summed E-state index contributed by atoms with van der Waals surface area (Å²) in [5, 5.41) is 0. The van der Waals surface area contributed by atoms with Crippen molar-refractivity contribution in [1.29, 1.82) is 0 Å². The van der Waals surface area contributed by atoms with Crippen LogP contribution in [-0.2, 0) is 20.4 Å². The molecule has 10 heavy (non-hydrogen) atoms. The van der Waals surface area contributed by atoms with Gasteiger partial charge in [-0.2, -0.15) is 6.42 Å². The van der Waals surface area contributed by atoms with E-state index in [4.69, 9.17) is 0 Å². The van der Waals surface area contributed by atoms with Gasteiger partial charge in [0.25, 0.3) is 0 Å². The van der Waals surface area contributed by atoms with Gasteiger partial charge >= 0.3 is 0 Å². The van der Waals surface area contributed by atoms with E-state index >= 15 is 0 Å². The van der Waals surface area contributed by atoms with Crippen molar-refractivity contribution in [3.8, 4) is 0 Å². The summed E-state index contributed by atoms with van der Waals surface area (Å²) in [7, 11) is 0. The summed E-state index contributed by atoms with van der Waals surface area (Å²) in [6.07, 6.45) is 4.09. The molecule has 0 aromatic rings. The Morgan fingerprint density at radius 3 is 2.20 bits per heavy atom. The maximum Gasteiger partial charge on any atom is 0 e. The van der Waals surface area contributed by atoms with Crippen LogP contribution in [-0.4, -0.2) is 4.75 Å². The number of hydrogen-bond acceptors (Lipinski definition) is 1. The van der Waals surface area contributed by atoms with E-state index in [2.05, 4.69) is 19.6 Å². The molecule has 1 heterocycles. The molecule has 0 atom stereocenters. The molecule has 1 rings (SSSR count). The van der Waals surface area contributed by atoms with Gasteiger partial charge in [0.15, 0.2) is 0 Å². The Kier molecular flexibility index (Phi) is 6.04. The van der Waals surface area contributed by atoms with Crippen molar-refractivity contribution in [1.82, 2.24) is 0 Å². The van der Waals surface area contributed by atoms with E-state index in [1.165, 1.54) is 19.3 Å². The first-order valence-corrected chi connectivity index (χ1v) is 4.08. The van der Waals surface area contributed by atoms with Gasteiger partial charge in [-0.1, -0.05) is 20.3 Å². The third-order valence-corrected chi connectivity index (χ3v) is 2.75. The second kappa shape index (κ2) is 4.77. The van der Waals surface area contributed by atoms with Crippen molar-refractivity contribution in [3.05, 3.63) is 5.75 Å². The van der Waals surface area contributed by atoms with Gasteiger partial charge in [0.05, 0.1) is 0 Å². The number of thioether (sulfide) groups is 1. The van der Waals surface area contributed by atoms with Gasteiger partial charge in [-0.25, -0.2) is 0 Å². The smallest absolute Gasteiger partial charge is 0 e. The quantitative estimate of drug-likeness (QED) is 0.397. The third-order valence-electron chi connectivity index (χ3n) is 1.50. The minimum absolute atomic E-state index is 0. The Morgan fingerprint density at radius 1 is 1.40 bits per heavy atom. The van der Waals surface area contributed by atoms with Crippen molar-refractivity contribution in [2.75, 3.05) is 0 Å². The molecule has 0 aromatic heterocycles. The molecule has 0 nitrogen and oxygen atoms in total. The fourth-order valence-electron chi connectivity index (χ4n) is 0.955. The van der Waals surface area contributed by atoms with Crippen molar-refractivity contribution in [2.24, 2.45) is 0 Å². The molecule has 57 valence electrons. The Labute approximate surface area is 75.8 Å².